The first kappa shape index (κ1) is 15.3. The predicted octanol–water partition coefficient (Wildman–Crippen LogP) is 4.04. The van der Waals surface area contributed by atoms with Crippen molar-refractivity contribution >= 4 is 17.2 Å². The molecule has 0 amide bonds. The van der Waals surface area contributed by atoms with Crippen molar-refractivity contribution in [1.29, 1.82) is 0 Å². The van der Waals surface area contributed by atoms with Crippen molar-refractivity contribution in [1.82, 2.24) is 0 Å². The number of nitrogens with two attached hydrogens (primary N) is 1. The Balaban J connectivity index is 2.09. The Morgan fingerprint density at radius 3 is 2.38 bits per heavy atom. The Morgan fingerprint density at radius 1 is 1.14 bits per heavy atom. The van der Waals surface area contributed by atoms with Crippen LogP contribution >= 0.6 is 12.2 Å². The molecule has 0 unspecified atom stereocenters. The van der Waals surface area contributed by atoms with E-state index in [2.05, 4.69) is 0 Å². The van der Waals surface area contributed by atoms with E-state index in [0.29, 0.717) is 17.9 Å². The van der Waals surface area contributed by atoms with E-state index in [1.807, 2.05) is 6.92 Å². The van der Waals surface area contributed by atoms with Crippen molar-refractivity contribution in [2.75, 3.05) is 6.61 Å². The van der Waals surface area contributed by atoms with Crippen LogP contribution in [0.25, 0.3) is 0 Å². The smallest absolute Gasteiger partial charge is 0.166 e. The molecule has 21 heavy (non-hydrogen) atoms. The minimum Gasteiger partial charge on any atom is -0.494 e. The largest absolute Gasteiger partial charge is 0.494 e. The van der Waals surface area contributed by atoms with Crippen LogP contribution in [0, 0.1) is 5.82 Å². The molecule has 0 saturated heterocycles. The third-order valence-electron chi connectivity index (χ3n) is 2.74. The van der Waals surface area contributed by atoms with Gasteiger partial charge >= 0.3 is 0 Å². The molecule has 2 N–H and O–H groups in total. The molecular weight excluding hydrogens is 289 g/mol. The maximum Gasteiger partial charge on any atom is 0.166 e. The van der Waals surface area contributed by atoms with Crippen LogP contribution in [0.15, 0.2) is 42.5 Å². The Bertz CT molecular complexity index is 629. The topological polar surface area (TPSA) is 44.5 Å². The summed E-state index contributed by atoms with van der Waals surface area (Å²) in [6.45, 7) is 2.70. The summed E-state index contributed by atoms with van der Waals surface area (Å²) in [4.78, 5) is 0.151. The highest BCUT2D eigenvalue weighted by Gasteiger charge is 2.07. The van der Waals surface area contributed by atoms with Crippen molar-refractivity contribution in [2.24, 2.45) is 5.73 Å². The fourth-order valence-electron chi connectivity index (χ4n) is 1.69. The zero-order valence-corrected chi connectivity index (χ0v) is 12.5. The van der Waals surface area contributed by atoms with Gasteiger partial charge in [-0.05, 0) is 48.9 Å². The second kappa shape index (κ2) is 7.04. The van der Waals surface area contributed by atoms with Gasteiger partial charge in [-0.25, -0.2) is 4.39 Å². The van der Waals surface area contributed by atoms with Crippen LogP contribution < -0.4 is 15.2 Å². The van der Waals surface area contributed by atoms with Crippen LogP contribution in [0.3, 0.4) is 0 Å². The minimum absolute atomic E-state index is 0.122. The van der Waals surface area contributed by atoms with Crippen molar-refractivity contribution in [3.05, 3.63) is 53.8 Å². The summed E-state index contributed by atoms with van der Waals surface area (Å²) in [6, 6.07) is 11.4. The second-order valence-corrected chi connectivity index (χ2v) is 4.87. The standard InChI is InChI=1S/C16H16FNO2S/c1-2-9-19-12-4-6-13(7-5-12)20-15-8-3-11(16(18)21)10-14(15)17/h3-8,10H,2,9H2,1H3,(H2,18,21). The number of hydrogen-bond donors (Lipinski definition) is 1. The number of thiocarbonyl (C=S) groups is 1. The zero-order chi connectivity index (χ0) is 15.2. The van der Waals surface area contributed by atoms with Gasteiger partial charge in [0.1, 0.15) is 16.5 Å². The van der Waals surface area contributed by atoms with Crippen LogP contribution in [-0.4, -0.2) is 11.6 Å². The van der Waals surface area contributed by atoms with E-state index in [0.717, 1.165) is 12.2 Å². The van der Waals surface area contributed by atoms with Crippen molar-refractivity contribution in [2.45, 2.75) is 13.3 Å². The summed E-state index contributed by atoms with van der Waals surface area (Å²) < 4.78 is 24.8. The van der Waals surface area contributed by atoms with Crippen LogP contribution in [0.4, 0.5) is 4.39 Å². The quantitative estimate of drug-likeness (QED) is 0.818. The molecule has 2 aromatic rings. The number of rotatable bonds is 6. The van der Waals surface area contributed by atoms with Gasteiger partial charge in [0.2, 0.25) is 0 Å². The van der Waals surface area contributed by atoms with E-state index in [4.69, 9.17) is 27.4 Å². The Hall–Kier alpha value is -2.14. The van der Waals surface area contributed by atoms with E-state index in [1.165, 1.54) is 12.1 Å². The normalized spacial score (nSPS) is 10.2. The van der Waals surface area contributed by atoms with E-state index in [1.54, 1.807) is 30.3 Å². The van der Waals surface area contributed by atoms with E-state index in [9.17, 15) is 4.39 Å². The van der Waals surface area contributed by atoms with Crippen LogP contribution in [0.2, 0.25) is 0 Å². The average Bonchev–Trinajstić information content (AvgIpc) is 2.48. The van der Waals surface area contributed by atoms with Gasteiger partial charge in [0.25, 0.3) is 0 Å². The van der Waals surface area contributed by atoms with Crippen LogP contribution in [0.5, 0.6) is 17.2 Å². The van der Waals surface area contributed by atoms with Gasteiger partial charge in [-0.15, -0.1) is 0 Å². The van der Waals surface area contributed by atoms with Gasteiger partial charge in [-0.1, -0.05) is 19.1 Å². The first-order chi connectivity index (χ1) is 10.1. The fraction of sp³-hybridized carbons (Fsp3) is 0.188. The minimum atomic E-state index is -0.508. The van der Waals surface area contributed by atoms with Crippen LogP contribution in [-0.2, 0) is 0 Å². The SMILES string of the molecule is CCCOc1ccc(Oc2ccc(C(N)=S)cc2F)cc1. The lowest BCUT2D eigenvalue weighted by Gasteiger charge is -2.09. The maximum atomic E-state index is 13.9. The molecule has 2 aromatic carbocycles. The summed E-state index contributed by atoms with van der Waals surface area (Å²) in [6.07, 6.45) is 0.943. The molecule has 0 fully saturated rings. The molecular formula is C16H16FNO2S. The maximum absolute atomic E-state index is 13.9. The van der Waals surface area contributed by atoms with Gasteiger partial charge in [-0.2, -0.15) is 0 Å². The number of ether oxygens (including phenoxy) is 2. The molecule has 0 aliphatic heterocycles. The molecule has 0 bridgehead atoms. The van der Waals surface area contributed by atoms with Gasteiger partial charge < -0.3 is 15.2 Å². The van der Waals surface area contributed by atoms with Gasteiger partial charge in [0.05, 0.1) is 6.61 Å². The third-order valence-corrected chi connectivity index (χ3v) is 2.98. The lowest BCUT2D eigenvalue weighted by Crippen LogP contribution is -2.09. The zero-order valence-electron chi connectivity index (χ0n) is 11.6. The van der Waals surface area contributed by atoms with Gasteiger partial charge in [0.15, 0.2) is 11.6 Å². The summed E-state index contributed by atoms with van der Waals surface area (Å²) in [7, 11) is 0. The van der Waals surface area contributed by atoms with E-state index < -0.39 is 5.82 Å². The summed E-state index contributed by atoms with van der Waals surface area (Å²) in [5, 5.41) is 0. The molecule has 0 atom stereocenters. The van der Waals surface area contributed by atoms with Gasteiger partial charge in [-0.3, -0.25) is 0 Å². The molecule has 110 valence electrons. The van der Waals surface area contributed by atoms with Gasteiger partial charge in [0, 0.05) is 5.56 Å². The first-order valence-corrected chi connectivity index (χ1v) is 7.01. The summed E-state index contributed by atoms with van der Waals surface area (Å²) in [5.41, 5.74) is 5.92. The monoisotopic (exact) mass is 305 g/mol. The second-order valence-electron chi connectivity index (χ2n) is 4.43. The third kappa shape index (κ3) is 4.16. The molecule has 0 aliphatic carbocycles. The Morgan fingerprint density at radius 2 is 1.81 bits per heavy atom. The lowest BCUT2D eigenvalue weighted by molar-refractivity contribution is 0.317. The molecule has 0 saturated carbocycles. The van der Waals surface area contributed by atoms with E-state index in [-0.39, 0.29) is 10.7 Å². The molecule has 0 spiro atoms. The number of halogens is 1. The lowest BCUT2D eigenvalue weighted by atomic mass is 10.2. The predicted molar refractivity (Wildman–Crippen MR) is 84.6 cm³/mol. The van der Waals surface area contributed by atoms with Crippen molar-refractivity contribution in [3.63, 3.8) is 0 Å². The number of benzene rings is 2. The Labute approximate surface area is 128 Å². The molecule has 0 aliphatic rings. The van der Waals surface area contributed by atoms with E-state index >= 15 is 0 Å². The Kier molecular flexibility index (Phi) is 5.11. The highest BCUT2D eigenvalue weighted by Crippen LogP contribution is 2.26. The fourth-order valence-corrected chi connectivity index (χ4v) is 1.81. The summed E-state index contributed by atoms with van der Waals surface area (Å²) in [5.74, 6) is 0.901. The van der Waals surface area contributed by atoms with Crippen molar-refractivity contribution < 1.29 is 13.9 Å². The van der Waals surface area contributed by atoms with Crippen molar-refractivity contribution in [3.8, 4) is 17.2 Å². The first-order valence-electron chi connectivity index (χ1n) is 6.60. The average molecular weight is 305 g/mol. The molecule has 0 radical (unpaired) electrons. The highest BCUT2D eigenvalue weighted by molar-refractivity contribution is 7.80. The molecule has 5 heteroatoms. The molecule has 0 aromatic heterocycles. The highest BCUT2D eigenvalue weighted by atomic mass is 32.1. The molecule has 0 heterocycles. The molecule has 3 nitrogen and oxygen atoms in total. The van der Waals surface area contributed by atoms with Crippen LogP contribution in [0.1, 0.15) is 18.9 Å². The number of hydrogen-bond acceptors (Lipinski definition) is 3. The summed E-state index contributed by atoms with van der Waals surface area (Å²) >= 11 is 4.80. The molecule has 2 rings (SSSR count).